The molecule has 0 aliphatic carbocycles. The van der Waals surface area contributed by atoms with Crippen molar-refractivity contribution < 1.29 is 27.2 Å². The molecule has 0 aromatic heterocycles. The molecular weight excluding hydrogens is 408 g/mol. The third kappa shape index (κ3) is 4.87. The van der Waals surface area contributed by atoms with Gasteiger partial charge in [-0.25, -0.2) is 0 Å². The second-order valence-electron chi connectivity index (χ2n) is 5.82. The van der Waals surface area contributed by atoms with Crippen molar-refractivity contribution in [2.75, 3.05) is 37.5 Å². The second-order valence-corrected chi connectivity index (χ2v) is 12.1. The first-order valence-corrected chi connectivity index (χ1v) is 11.8. The van der Waals surface area contributed by atoms with Crippen molar-refractivity contribution in [2.24, 2.45) is 0 Å². The molecular formula is C12H23Cl3O6P2. The van der Waals surface area contributed by atoms with Crippen LogP contribution in [0.5, 0.6) is 0 Å². The van der Waals surface area contributed by atoms with Crippen LogP contribution in [0.4, 0.5) is 0 Å². The van der Waals surface area contributed by atoms with E-state index in [-0.39, 0.29) is 43.9 Å². The molecule has 11 heteroatoms. The molecule has 1 fully saturated rings. The zero-order chi connectivity index (χ0) is 17.8. The Labute approximate surface area is 152 Å². The molecule has 0 N–H and O–H groups in total. The predicted octanol–water partition coefficient (Wildman–Crippen LogP) is 5.05. The van der Waals surface area contributed by atoms with E-state index in [0.29, 0.717) is 0 Å². The molecule has 23 heavy (non-hydrogen) atoms. The van der Waals surface area contributed by atoms with Gasteiger partial charge < -0.3 is 13.6 Å². The summed E-state index contributed by atoms with van der Waals surface area (Å²) in [5.41, 5.74) is 0. The van der Waals surface area contributed by atoms with E-state index in [2.05, 4.69) is 0 Å². The molecule has 0 bridgehead atoms. The number of halogens is 3. The normalized spacial score (nSPS) is 30.7. The van der Waals surface area contributed by atoms with Crippen molar-refractivity contribution in [1.29, 1.82) is 0 Å². The number of rotatable bonds is 10. The minimum atomic E-state index is -3.78. The molecule has 2 unspecified atom stereocenters. The van der Waals surface area contributed by atoms with Crippen LogP contribution in [0.1, 0.15) is 27.2 Å². The SMILES string of the molecule is CC1(C)CC(C)(P(=O)(OCCCl)OCCCl)OP1(=O)OCCCl. The summed E-state index contributed by atoms with van der Waals surface area (Å²) in [6.07, 6.45) is 0.168. The van der Waals surface area contributed by atoms with Gasteiger partial charge in [0.1, 0.15) is 0 Å². The summed E-state index contributed by atoms with van der Waals surface area (Å²) in [6, 6.07) is 0. The van der Waals surface area contributed by atoms with Gasteiger partial charge in [-0.1, -0.05) is 0 Å². The van der Waals surface area contributed by atoms with E-state index >= 15 is 0 Å². The van der Waals surface area contributed by atoms with Gasteiger partial charge in [0, 0.05) is 24.1 Å². The highest BCUT2D eigenvalue weighted by Gasteiger charge is 2.66. The molecule has 1 heterocycles. The average molecular weight is 432 g/mol. The first-order chi connectivity index (χ1) is 10.6. The fourth-order valence-corrected chi connectivity index (χ4v) is 7.77. The molecule has 0 spiro atoms. The summed E-state index contributed by atoms with van der Waals surface area (Å²) in [4.78, 5) is 0. The zero-order valence-corrected chi connectivity index (χ0v) is 17.5. The van der Waals surface area contributed by atoms with Crippen LogP contribution in [-0.2, 0) is 27.2 Å². The number of alkyl halides is 3. The third-order valence-corrected chi connectivity index (χ3v) is 9.28. The Morgan fingerprint density at radius 1 is 1.04 bits per heavy atom. The largest absolute Gasteiger partial charge is 0.362 e. The van der Waals surface area contributed by atoms with Crippen LogP contribution in [0.15, 0.2) is 0 Å². The molecule has 1 aliphatic rings. The molecule has 2 atom stereocenters. The summed E-state index contributed by atoms with van der Waals surface area (Å²) in [5.74, 6) is 0.436. The van der Waals surface area contributed by atoms with Crippen molar-refractivity contribution >= 4 is 50.0 Å². The van der Waals surface area contributed by atoms with Gasteiger partial charge >= 0.3 is 15.2 Å². The fraction of sp³-hybridized carbons (Fsp3) is 1.00. The highest BCUT2D eigenvalue weighted by molar-refractivity contribution is 7.60. The Bertz CT molecular complexity index is 477. The monoisotopic (exact) mass is 430 g/mol. The van der Waals surface area contributed by atoms with Gasteiger partial charge in [-0.05, 0) is 20.8 Å². The summed E-state index contributed by atoms with van der Waals surface area (Å²) in [5, 5.41) is -2.28. The lowest BCUT2D eigenvalue weighted by atomic mass is 10.1. The molecule has 1 aliphatic heterocycles. The lowest BCUT2D eigenvalue weighted by molar-refractivity contribution is 0.101. The van der Waals surface area contributed by atoms with Gasteiger partial charge in [-0.15, -0.1) is 34.8 Å². The van der Waals surface area contributed by atoms with Gasteiger partial charge in [0.05, 0.1) is 25.0 Å². The van der Waals surface area contributed by atoms with Crippen LogP contribution in [0, 0.1) is 0 Å². The van der Waals surface area contributed by atoms with Crippen molar-refractivity contribution in [2.45, 2.75) is 37.7 Å². The fourth-order valence-electron chi connectivity index (χ4n) is 2.44. The molecule has 0 aromatic rings. The van der Waals surface area contributed by atoms with E-state index in [9.17, 15) is 9.13 Å². The minimum Gasteiger partial charge on any atom is -0.307 e. The molecule has 6 nitrogen and oxygen atoms in total. The van der Waals surface area contributed by atoms with Crippen LogP contribution >= 0.6 is 50.0 Å². The third-order valence-electron chi connectivity index (χ3n) is 3.41. The van der Waals surface area contributed by atoms with Crippen LogP contribution < -0.4 is 0 Å². The van der Waals surface area contributed by atoms with Gasteiger partial charge in [0.2, 0.25) is 0 Å². The summed E-state index contributed by atoms with van der Waals surface area (Å²) < 4.78 is 48.1. The van der Waals surface area contributed by atoms with E-state index in [1.807, 2.05) is 0 Å². The van der Waals surface area contributed by atoms with E-state index in [4.69, 9.17) is 52.9 Å². The van der Waals surface area contributed by atoms with Crippen LogP contribution in [0.25, 0.3) is 0 Å². The Morgan fingerprint density at radius 3 is 1.96 bits per heavy atom. The van der Waals surface area contributed by atoms with E-state index in [0.717, 1.165) is 0 Å². The second kappa shape index (κ2) is 8.70. The van der Waals surface area contributed by atoms with Gasteiger partial charge in [-0.2, -0.15) is 0 Å². The average Bonchev–Trinajstić information content (AvgIpc) is 2.67. The van der Waals surface area contributed by atoms with Gasteiger partial charge in [0.15, 0.2) is 5.34 Å². The Hall–Kier alpha value is 1.17. The molecule has 1 saturated heterocycles. The van der Waals surface area contributed by atoms with Crippen molar-refractivity contribution in [1.82, 2.24) is 0 Å². The molecule has 0 radical (unpaired) electrons. The Kier molecular flexibility index (Phi) is 8.41. The van der Waals surface area contributed by atoms with Gasteiger partial charge in [0.25, 0.3) is 0 Å². The topological polar surface area (TPSA) is 71.1 Å². The van der Waals surface area contributed by atoms with Crippen molar-refractivity contribution in [3.05, 3.63) is 0 Å². The summed E-state index contributed by atoms with van der Waals surface area (Å²) >= 11 is 16.8. The molecule has 1 rings (SSSR count). The standard InChI is InChI=1S/C12H23Cl3O6P2/c1-11(2)10-12(3,21-22(11,16)18-7-4-13)23(17,19-8-5-14)20-9-6-15/h4-10H2,1-3H3. The maximum Gasteiger partial charge on any atom is 0.362 e. The lowest BCUT2D eigenvalue weighted by Crippen LogP contribution is -2.29. The van der Waals surface area contributed by atoms with Gasteiger partial charge in [-0.3, -0.25) is 13.7 Å². The Balaban J connectivity index is 3.11. The van der Waals surface area contributed by atoms with E-state index in [1.165, 1.54) is 0 Å². The summed E-state index contributed by atoms with van der Waals surface area (Å²) in [6.45, 7) is 5.07. The van der Waals surface area contributed by atoms with E-state index < -0.39 is 25.7 Å². The molecule has 0 amide bonds. The van der Waals surface area contributed by atoms with Crippen LogP contribution in [0.2, 0.25) is 0 Å². The van der Waals surface area contributed by atoms with Crippen molar-refractivity contribution in [3.8, 4) is 0 Å². The minimum absolute atomic E-state index is 0.00728. The zero-order valence-electron chi connectivity index (χ0n) is 13.4. The Morgan fingerprint density at radius 2 is 1.52 bits per heavy atom. The predicted molar refractivity (Wildman–Crippen MR) is 93.4 cm³/mol. The number of hydrogen-bond donors (Lipinski definition) is 0. The van der Waals surface area contributed by atoms with E-state index in [1.54, 1.807) is 20.8 Å². The highest BCUT2D eigenvalue weighted by Crippen LogP contribution is 2.78. The summed E-state index contributed by atoms with van der Waals surface area (Å²) in [7, 11) is -7.33. The lowest BCUT2D eigenvalue weighted by Gasteiger charge is -2.31. The first-order valence-electron chi connectivity index (χ1n) is 7.12. The molecule has 0 aromatic carbocycles. The highest BCUT2D eigenvalue weighted by atomic mass is 35.5. The maximum absolute atomic E-state index is 13.2. The van der Waals surface area contributed by atoms with Crippen molar-refractivity contribution in [3.63, 3.8) is 0 Å². The van der Waals surface area contributed by atoms with Crippen LogP contribution in [0.3, 0.4) is 0 Å². The molecule has 0 saturated carbocycles. The number of hydrogen-bond acceptors (Lipinski definition) is 6. The maximum atomic E-state index is 13.2. The quantitative estimate of drug-likeness (QED) is 0.356. The molecule has 138 valence electrons. The van der Waals surface area contributed by atoms with Crippen LogP contribution in [-0.4, -0.2) is 48.0 Å². The smallest absolute Gasteiger partial charge is 0.307 e. The first kappa shape index (κ1) is 22.2.